The summed E-state index contributed by atoms with van der Waals surface area (Å²) < 4.78 is 0. The third-order valence-electron chi connectivity index (χ3n) is 3.81. The highest BCUT2D eigenvalue weighted by Crippen LogP contribution is 2.22. The molecule has 0 bridgehead atoms. The van der Waals surface area contributed by atoms with E-state index in [9.17, 15) is 14.7 Å². The lowest BCUT2D eigenvalue weighted by Crippen LogP contribution is -2.48. The topological polar surface area (TPSA) is 73.4 Å². The standard InChI is InChI=1S/C15H16N2O3/c18-14(17-8-4-3-7-13(17)15(19)20)12-9-10-5-1-2-6-11(10)16-12/h1-2,5-6,9,13,16H,3-4,7-8H2,(H,19,20)/t13-/m1/s1. The van der Waals surface area contributed by atoms with Crippen molar-refractivity contribution in [2.45, 2.75) is 25.3 Å². The molecule has 0 radical (unpaired) electrons. The molecule has 0 spiro atoms. The van der Waals surface area contributed by atoms with E-state index in [1.165, 1.54) is 4.90 Å². The van der Waals surface area contributed by atoms with Gasteiger partial charge in [0.2, 0.25) is 0 Å². The Morgan fingerprint density at radius 1 is 1.25 bits per heavy atom. The molecular weight excluding hydrogens is 256 g/mol. The van der Waals surface area contributed by atoms with E-state index in [1.54, 1.807) is 6.07 Å². The fourth-order valence-electron chi connectivity index (χ4n) is 2.77. The van der Waals surface area contributed by atoms with Crippen molar-refractivity contribution < 1.29 is 14.7 Å². The zero-order valence-corrected chi connectivity index (χ0v) is 11.0. The maximum atomic E-state index is 12.5. The number of nitrogens with zero attached hydrogens (tertiary/aromatic N) is 1. The van der Waals surface area contributed by atoms with Gasteiger partial charge in [-0.1, -0.05) is 18.2 Å². The number of likely N-dealkylation sites (tertiary alicyclic amines) is 1. The first kappa shape index (κ1) is 12.7. The highest BCUT2D eigenvalue weighted by atomic mass is 16.4. The van der Waals surface area contributed by atoms with E-state index in [2.05, 4.69) is 4.98 Å². The van der Waals surface area contributed by atoms with Gasteiger partial charge in [-0.25, -0.2) is 4.79 Å². The molecule has 5 heteroatoms. The van der Waals surface area contributed by atoms with Gasteiger partial charge in [0.15, 0.2) is 0 Å². The molecule has 3 rings (SSSR count). The summed E-state index contributed by atoms with van der Waals surface area (Å²) >= 11 is 0. The first-order valence-corrected chi connectivity index (χ1v) is 6.78. The number of amides is 1. The largest absolute Gasteiger partial charge is 0.480 e. The summed E-state index contributed by atoms with van der Waals surface area (Å²) in [4.78, 5) is 28.3. The quantitative estimate of drug-likeness (QED) is 0.880. The number of aromatic amines is 1. The molecule has 2 N–H and O–H groups in total. The van der Waals surface area contributed by atoms with E-state index in [0.29, 0.717) is 18.7 Å². The number of hydrogen-bond donors (Lipinski definition) is 2. The summed E-state index contributed by atoms with van der Waals surface area (Å²) in [6.07, 6.45) is 2.24. The van der Waals surface area contributed by atoms with Crippen LogP contribution < -0.4 is 0 Å². The first-order valence-electron chi connectivity index (χ1n) is 6.78. The predicted molar refractivity (Wildman–Crippen MR) is 74.6 cm³/mol. The maximum absolute atomic E-state index is 12.5. The minimum atomic E-state index is -0.922. The Hall–Kier alpha value is -2.30. The number of carbonyl (C=O) groups is 2. The molecule has 0 unspecified atom stereocenters. The van der Waals surface area contributed by atoms with Crippen LogP contribution in [0.25, 0.3) is 10.9 Å². The Balaban J connectivity index is 1.92. The molecular formula is C15H16N2O3. The molecule has 20 heavy (non-hydrogen) atoms. The van der Waals surface area contributed by atoms with Crippen LogP contribution in [0.1, 0.15) is 29.8 Å². The average molecular weight is 272 g/mol. The zero-order chi connectivity index (χ0) is 14.1. The lowest BCUT2D eigenvalue weighted by molar-refractivity contribution is -0.143. The van der Waals surface area contributed by atoms with E-state index in [-0.39, 0.29) is 5.91 Å². The summed E-state index contributed by atoms with van der Waals surface area (Å²) in [5.74, 6) is -1.15. The van der Waals surface area contributed by atoms with Gasteiger partial charge in [-0.15, -0.1) is 0 Å². The van der Waals surface area contributed by atoms with Crippen LogP contribution in [-0.2, 0) is 4.79 Å². The number of fused-ring (bicyclic) bond motifs is 1. The van der Waals surface area contributed by atoms with Crippen molar-refractivity contribution in [3.63, 3.8) is 0 Å². The molecule has 1 aliphatic rings. The first-order chi connectivity index (χ1) is 9.66. The molecule has 1 atom stereocenters. The minimum absolute atomic E-state index is 0.228. The molecule has 1 aliphatic heterocycles. The van der Waals surface area contributed by atoms with Crippen molar-refractivity contribution in [3.05, 3.63) is 36.0 Å². The normalized spacial score (nSPS) is 19.2. The van der Waals surface area contributed by atoms with Crippen molar-refractivity contribution in [2.75, 3.05) is 6.54 Å². The Kier molecular flexibility index (Phi) is 3.18. The summed E-state index contributed by atoms with van der Waals surface area (Å²) in [7, 11) is 0. The maximum Gasteiger partial charge on any atom is 0.326 e. The van der Waals surface area contributed by atoms with Crippen LogP contribution in [0, 0.1) is 0 Å². The molecule has 104 valence electrons. The summed E-state index contributed by atoms with van der Waals surface area (Å²) in [6.45, 7) is 0.505. The Morgan fingerprint density at radius 3 is 2.80 bits per heavy atom. The fourth-order valence-corrected chi connectivity index (χ4v) is 2.77. The molecule has 0 aliphatic carbocycles. The zero-order valence-electron chi connectivity index (χ0n) is 11.0. The third-order valence-corrected chi connectivity index (χ3v) is 3.81. The van der Waals surface area contributed by atoms with Crippen LogP contribution in [0.2, 0.25) is 0 Å². The third kappa shape index (κ3) is 2.15. The second-order valence-electron chi connectivity index (χ2n) is 5.12. The number of para-hydroxylation sites is 1. The SMILES string of the molecule is O=C(O)[C@H]1CCCCN1C(=O)c1cc2ccccc2[nH]1. The van der Waals surface area contributed by atoms with Gasteiger partial charge in [-0.2, -0.15) is 0 Å². The van der Waals surface area contributed by atoms with E-state index in [1.807, 2.05) is 24.3 Å². The van der Waals surface area contributed by atoms with Gasteiger partial charge in [-0.3, -0.25) is 4.79 Å². The second kappa shape index (κ2) is 5.00. The van der Waals surface area contributed by atoms with E-state index < -0.39 is 12.0 Å². The van der Waals surface area contributed by atoms with Crippen molar-refractivity contribution in [1.82, 2.24) is 9.88 Å². The number of hydrogen-bond acceptors (Lipinski definition) is 2. The van der Waals surface area contributed by atoms with Crippen molar-refractivity contribution in [2.24, 2.45) is 0 Å². The molecule has 1 aromatic carbocycles. The smallest absolute Gasteiger partial charge is 0.326 e. The van der Waals surface area contributed by atoms with Crippen molar-refractivity contribution in [1.29, 1.82) is 0 Å². The molecule has 1 saturated heterocycles. The van der Waals surface area contributed by atoms with E-state index >= 15 is 0 Å². The molecule has 2 aromatic rings. The number of aliphatic carboxylic acids is 1. The molecule has 1 aromatic heterocycles. The molecule has 0 saturated carbocycles. The average Bonchev–Trinajstić information content (AvgIpc) is 2.90. The van der Waals surface area contributed by atoms with Crippen molar-refractivity contribution >= 4 is 22.8 Å². The number of nitrogens with one attached hydrogen (secondary N) is 1. The highest BCUT2D eigenvalue weighted by Gasteiger charge is 2.32. The number of H-pyrrole nitrogens is 1. The van der Waals surface area contributed by atoms with Crippen LogP contribution >= 0.6 is 0 Å². The van der Waals surface area contributed by atoms with Crippen LogP contribution in [0.3, 0.4) is 0 Å². The number of benzene rings is 1. The van der Waals surface area contributed by atoms with Gasteiger partial charge in [0.1, 0.15) is 11.7 Å². The Bertz CT molecular complexity index is 629. The molecule has 5 nitrogen and oxygen atoms in total. The minimum Gasteiger partial charge on any atom is -0.480 e. The fraction of sp³-hybridized carbons (Fsp3) is 0.333. The van der Waals surface area contributed by atoms with Crippen molar-refractivity contribution in [3.8, 4) is 0 Å². The monoisotopic (exact) mass is 272 g/mol. The van der Waals surface area contributed by atoms with Crippen LogP contribution in [0.4, 0.5) is 0 Å². The molecule has 1 fully saturated rings. The van der Waals surface area contributed by atoms with Gasteiger partial charge >= 0.3 is 5.97 Å². The van der Waals surface area contributed by atoms with Gasteiger partial charge in [0.25, 0.3) is 5.91 Å². The number of carboxylic acid groups (broad SMARTS) is 1. The highest BCUT2D eigenvalue weighted by molar-refractivity contribution is 5.99. The van der Waals surface area contributed by atoms with E-state index in [0.717, 1.165) is 23.7 Å². The van der Waals surface area contributed by atoms with Gasteiger partial charge in [0.05, 0.1) is 0 Å². The number of carboxylic acids is 1. The lowest BCUT2D eigenvalue weighted by atomic mass is 10.0. The van der Waals surface area contributed by atoms with Crippen LogP contribution in [-0.4, -0.2) is 39.5 Å². The van der Waals surface area contributed by atoms with Crippen LogP contribution in [0.5, 0.6) is 0 Å². The van der Waals surface area contributed by atoms with Gasteiger partial charge in [-0.05, 0) is 31.4 Å². The van der Waals surface area contributed by atoms with Gasteiger partial charge < -0.3 is 15.0 Å². The number of rotatable bonds is 2. The number of aromatic nitrogens is 1. The number of carbonyl (C=O) groups excluding carboxylic acids is 1. The summed E-state index contributed by atoms with van der Waals surface area (Å²) in [5, 5.41) is 10.2. The lowest BCUT2D eigenvalue weighted by Gasteiger charge is -2.32. The predicted octanol–water partition coefficient (Wildman–Crippen LogP) is 2.25. The summed E-state index contributed by atoms with van der Waals surface area (Å²) in [5.41, 5.74) is 1.35. The van der Waals surface area contributed by atoms with E-state index in [4.69, 9.17) is 0 Å². The number of piperidine rings is 1. The molecule has 1 amide bonds. The van der Waals surface area contributed by atoms with Gasteiger partial charge in [0, 0.05) is 17.4 Å². The van der Waals surface area contributed by atoms with Crippen LogP contribution in [0.15, 0.2) is 30.3 Å². The second-order valence-corrected chi connectivity index (χ2v) is 5.12. The summed E-state index contributed by atoms with van der Waals surface area (Å²) in [6, 6.07) is 8.71. The molecule has 2 heterocycles. The Labute approximate surface area is 116 Å². The Morgan fingerprint density at radius 2 is 2.05 bits per heavy atom.